The maximum atomic E-state index is 4.36. The standard InChI is InChI=1S/C10H12N2S2/c13-7-2-5-12-6-4-11-10(12)9-3-1-8-14-9/h1,3-4,6,8,13H,2,5,7H2. The van der Waals surface area contributed by atoms with Crippen molar-refractivity contribution in [3.63, 3.8) is 0 Å². The number of imidazole rings is 1. The van der Waals surface area contributed by atoms with Gasteiger partial charge in [0, 0.05) is 18.9 Å². The SMILES string of the molecule is SCCCn1ccnc1-c1cccs1. The van der Waals surface area contributed by atoms with Gasteiger partial charge in [-0.05, 0) is 23.6 Å². The highest BCUT2D eigenvalue weighted by Gasteiger charge is 2.05. The first-order valence-electron chi connectivity index (χ1n) is 4.57. The van der Waals surface area contributed by atoms with Crippen LogP contribution in [0.25, 0.3) is 10.7 Å². The Balaban J connectivity index is 2.22. The van der Waals surface area contributed by atoms with Gasteiger partial charge in [-0.15, -0.1) is 11.3 Å². The third kappa shape index (κ3) is 2.01. The molecular weight excluding hydrogens is 212 g/mol. The van der Waals surface area contributed by atoms with Crippen molar-refractivity contribution in [2.75, 3.05) is 5.75 Å². The number of aromatic nitrogens is 2. The number of aryl methyl sites for hydroxylation is 1. The predicted octanol–water partition coefficient (Wildman–Crippen LogP) is 2.93. The second-order valence-electron chi connectivity index (χ2n) is 3.00. The van der Waals surface area contributed by atoms with Crippen molar-refractivity contribution in [2.24, 2.45) is 0 Å². The van der Waals surface area contributed by atoms with E-state index < -0.39 is 0 Å². The van der Waals surface area contributed by atoms with Gasteiger partial charge >= 0.3 is 0 Å². The molecule has 0 saturated heterocycles. The molecule has 4 heteroatoms. The topological polar surface area (TPSA) is 17.8 Å². The number of nitrogens with zero attached hydrogens (tertiary/aromatic N) is 2. The smallest absolute Gasteiger partial charge is 0.149 e. The molecule has 0 bridgehead atoms. The van der Waals surface area contributed by atoms with E-state index >= 15 is 0 Å². The summed E-state index contributed by atoms with van der Waals surface area (Å²) in [5.41, 5.74) is 0. The Bertz CT molecular complexity index is 378. The summed E-state index contributed by atoms with van der Waals surface area (Å²) in [4.78, 5) is 5.59. The van der Waals surface area contributed by atoms with Gasteiger partial charge in [-0.25, -0.2) is 4.98 Å². The van der Waals surface area contributed by atoms with Gasteiger partial charge < -0.3 is 4.57 Å². The number of thiophene rings is 1. The van der Waals surface area contributed by atoms with E-state index in [0.29, 0.717) is 0 Å². The van der Waals surface area contributed by atoms with Gasteiger partial charge in [-0.2, -0.15) is 12.6 Å². The minimum absolute atomic E-state index is 0.919. The second kappa shape index (κ2) is 4.66. The lowest BCUT2D eigenvalue weighted by Gasteiger charge is -2.04. The van der Waals surface area contributed by atoms with Crippen molar-refractivity contribution < 1.29 is 0 Å². The van der Waals surface area contributed by atoms with E-state index in [-0.39, 0.29) is 0 Å². The molecule has 2 rings (SSSR count). The van der Waals surface area contributed by atoms with Gasteiger partial charge in [-0.1, -0.05) is 6.07 Å². The Morgan fingerprint density at radius 1 is 1.50 bits per heavy atom. The van der Waals surface area contributed by atoms with Gasteiger partial charge in [0.2, 0.25) is 0 Å². The molecule has 0 aliphatic heterocycles. The number of thiol groups is 1. The first kappa shape index (κ1) is 9.80. The van der Waals surface area contributed by atoms with Crippen LogP contribution < -0.4 is 0 Å². The molecule has 0 saturated carbocycles. The lowest BCUT2D eigenvalue weighted by molar-refractivity contribution is 0.692. The average molecular weight is 224 g/mol. The minimum atomic E-state index is 0.919. The molecule has 0 unspecified atom stereocenters. The zero-order valence-electron chi connectivity index (χ0n) is 7.76. The molecule has 0 aliphatic carbocycles. The maximum Gasteiger partial charge on any atom is 0.149 e. The van der Waals surface area contributed by atoms with Crippen LogP contribution in [0.1, 0.15) is 6.42 Å². The summed E-state index contributed by atoms with van der Waals surface area (Å²) >= 11 is 5.94. The Hall–Kier alpha value is -0.740. The first-order chi connectivity index (χ1) is 6.92. The van der Waals surface area contributed by atoms with Crippen LogP contribution in [0.4, 0.5) is 0 Å². The van der Waals surface area contributed by atoms with Crippen LogP contribution in [0.2, 0.25) is 0 Å². The second-order valence-corrected chi connectivity index (χ2v) is 4.39. The van der Waals surface area contributed by atoms with Gasteiger partial charge in [0.25, 0.3) is 0 Å². The van der Waals surface area contributed by atoms with Gasteiger partial charge in [0.1, 0.15) is 5.82 Å². The molecule has 2 aromatic rings. The molecule has 0 fully saturated rings. The Labute approximate surface area is 93.0 Å². The summed E-state index contributed by atoms with van der Waals surface area (Å²) in [7, 11) is 0. The Morgan fingerprint density at radius 2 is 2.43 bits per heavy atom. The highest BCUT2D eigenvalue weighted by Crippen LogP contribution is 2.22. The van der Waals surface area contributed by atoms with Gasteiger partial charge in [0.05, 0.1) is 4.88 Å². The fourth-order valence-corrected chi connectivity index (χ4v) is 2.24. The van der Waals surface area contributed by atoms with E-state index in [1.807, 2.05) is 12.4 Å². The van der Waals surface area contributed by atoms with E-state index in [4.69, 9.17) is 0 Å². The summed E-state index contributed by atoms with van der Waals surface area (Å²) in [6.07, 6.45) is 4.96. The molecule has 0 amide bonds. The zero-order valence-corrected chi connectivity index (χ0v) is 9.47. The summed E-state index contributed by atoms with van der Waals surface area (Å²) in [6.45, 7) is 0.997. The van der Waals surface area contributed by atoms with Crippen LogP contribution in [0.5, 0.6) is 0 Å². The molecular formula is C10H12N2S2. The molecule has 2 nitrogen and oxygen atoms in total. The van der Waals surface area contributed by atoms with Crippen molar-refractivity contribution in [3.8, 4) is 10.7 Å². The highest BCUT2D eigenvalue weighted by molar-refractivity contribution is 7.80. The van der Waals surface area contributed by atoms with Crippen LogP contribution in [0, 0.1) is 0 Å². The summed E-state index contributed by atoms with van der Waals surface area (Å²) in [5.74, 6) is 1.99. The van der Waals surface area contributed by atoms with E-state index in [2.05, 4.69) is 39.7 Å². The highest BCUT2D eigenvalue weighted by atomic mass is 32.1. The third-order valence-electron chi connectivity index (χ3n) is 2.01. The monoisotopic (exact) mass is 224 g/mol. The molecule has 0 atom stereocenters. The molecule has 0 radical (unpaired) electrons. The van der Waals surface area contributed by atoms with Crippen molar-refractivity contribution >= 4 is 24.0 Å². The van der Waals surface area contributed by atoms with Crippen molar-refractivity contribution in [2.45, 2.75) is 13.0 Å². The average Bonchev–Trinajstić information content (AvgIpc) is 2.84. The molecule has 74 valence electrons. The fraction of sp³-hybridized carbons (Fsp3) is 0.300. The van der Waals surface area contributed by atoms with Crippen molar-refractivity contribution in [3.05, 3.63) is 29.9 Å². The fourth-order valence-electron chi connectivity index (χ4n) is 1.36. The first-order valence-corrected chi connectivity index (χ1v) is 6.09. The van der Waals surface area contributed by atoms with Crippen LogP contribution in [0.15, 0.2) is 29.9 Å². The normalized spacial score (nSPS) is 10.6. The minimum Gasteiger partial charge on any atom is -0.330 e. The van der Waals surface area contributed by atoms with Crippen LogP contribution in [0.3, 0.4) is 0 Å². The van der Waals surface area contributed by atoms with Crippen LogP contribution in [-0.4, -0.2) is 15.3 Å². The third-order valence-corrected chi connectivity index (χ3v) is 3.20. The Kier molecular flexibility index (Phi) is 3.26. The quantitative estimate of drug-likeness (QED) is 0.791. The molecule has 14 heavy (non-hydrogen) atoms. The predicted molar refractivity (Wildman–Crippen MR) is 64.0 cm³/mol. The maximum absolute atomic E-state index is 4.36. The molecule has 0 N–H and O–H groups in total. The van der Waals surface area contributed by atoms with Crippen LogP contribution in [-0.2, 0) is 6.54 Å². The van der Waals surface area contributed by atoms with E-state index in [0.717, 1.165) is 24.5 Å². The lowest BCUT2D eigenvalue weighted by Crippen LogP contribution is -1.99. The molecule has 0 aliphatic rings. The van der Waals surface area contributed by atoms with Crippen molar-refractivity contribution in [1.29, 1.82) is 0 Å². The van der Waals surface area contributed by atoms with E-state index in [9.17, 15) is 0 Å². The number of hydrogen-bond donors (Lipinski definition) is 1. The van der Waals surface area contributed by atoms with E-state index in [1.54, 1.807) is 11.3 Å². The molecule has 0 aromatic carbocycles. The van der Waals surface area contributed by atoms with Crippen molar-refractivity contribution in [1.82, 2.24) is 9.55 Å². The number of hydrogen-bond acceptors (Lipinski definition) is 3. The van der Waals surface area contributed by atoms with Crippen LogP contribution >= 0.6 is 24.0 Å². The molecule has 2 aromatic heterocycles. The summed E-state index contributed by atoms with van der Waals surface area (Å²) in [6, 6.07) is 4.15. The number of rotatable bonds is 4. The lowest BCUT2D eigenvalue weighted by atomic mass is 10.4. The summed E-state index contributed by atoms with van der Waals surface area (Å²) < 4.78 is 2.18. The molecule has 2 heterocycles. The zero-order chi connectivity index (χ0) is 9.80. The van der Waals surface area contributed by atoms with Gasteiger partial charge in [0.15, 0.2) is 0 Å². The van der Waals surface area contributed by atoms with Gasteiger partial charge in [-0.3, -0.25) is 0 Å². The van der Waals surface area contributed by atoms with E-state index in [1.165, 1.54) is 4.88 Å². The molecule has 0 spiro atoms. The summed E-state index contributed by atoms with van der Waals surface area (Å²) in [5, 5.41) is 2.08. The Morgan fingerprint density at radius 3 is 3.14 bits per heavy atom. The largest absolute Gasteiger partial charge is 0.330 e.